The third-order valence-corrected chi connectivity index (χ3v) is 8.73. The van der Waals surface area contributed by atoms with Crippen molar-refractivity contribution < 1.29 is 26.3 Å². The zero-order valence-corrected chi connectivity index (χ0v) is 20.1. The Kier molecular flexibility index (Phi) is 6.86. The highest BCUT2D eigenvalue weighted by Crippen LogP contribution is 2.58. The number of nitrogens with zero attached hydrogens (tertiary/aromatic N) is 2. The monoisotopic (exact) mass is 486 g/mol. The lowest BCUT2D eigenvalue weighted by atomic mass is 9.91. The van der Waals surface area contributed by atoms with E-state index < -0.39 is 21.6 Å². The summed E-state index contributed by atoms with van der Waals surface area (Å²) in [6.07, 6.45) is 1.99. The quantitative estimate of drug-likeness (QED) is 0.567. The molecule has 2 fully saturated rings. The van der Waals surface area contributed by atoms with Gasteiger partial charge in [-0.25, -0.2) is 8.42 Å². The Hall–Kier alpha value is -1.58. The molecular formula is C24H33F3N2O3S. The van der Waals surface area contributed by atoms with Crippen molar-refractivity contribution in [2.24, 2.45) is 11.3 Å². The number of likely N-dealkylation sites (tertiary alicyclic amines) is 1. The van der Waals surface area contributed by atoms with E-state index in [0.717, 1.165) is 29.7 Å². The van der Waals surface area contributed by atoms with E-state index in [1.54, 1.807) is 0 Å². The lowest BCUT2D eigenvalue weighted by molar-refractivity contribution is -0.192. The zero-order valence-electron chi connectivity index (χ0n) is 19.3. The van der Waals surface area contributed by atoms with Gasteiger partial charge < -0.3 is 9.64 Å². The lowest BCUT2D eigenvalue weighted by Crippen LogP contribution is -2.44. The summed E-state index contributed by atoms with van der Waals surface area (Å²) in [5.74, 6) is 1.10. The molecule has 0 amide bonds. The maximum absolute atomic E-state index is 13.2. The Morgan fingerprint density at radius 2 is 1.76 bits per heavy atom. The molecule has 1 aromatic rings. The molecule has 0 aromatic heterocycles. The highest BCUT2D eigenvalue weighted by Gasteiger charge is 2.63. The largest absolute Gasteiger partial charge is 0.490 e. The van der Waals surface area contributed by atoms with Gasteiger partial charge in [0.15, 0.2) is 0 Å². The summed E-state index contributed by atoms with van der Waals surface area (Å²) in [7, 11) is -3.16. The van der Waals surface area contributed by atoms with Gasteiger partial charge in [0.2, 0.25) is 10.0 Å². The molecule has 1 aromatic carbocycles. The van der Waals surface area contributed by atoms with Crippen molar-refractivity contribution in [2.45, 2.75) is 51.3 Å². The first kappa shape index (κ1) is 24.5. The molecule has 0 spiro atoms. The third kappa shape index (κ3) is 5.74. The summed E-state index contributed by atoms with van der Waals surface area (Å²) >= 11 is 0. The Morgan fingerprint density at radius 1 is 1.12 bits per heavy atom. The van der Waals surface area contributed by atoms with Crippen molar-refractivity contribution in [2.75, 3.05) is 39.0 Å². The van der Waals surface area contributed by atoms with Crippen molar-refractivity contribution in [1.29, 1.82) is 0 Å². The second-order valence-corrected chi connectivity index (χ2v) is 11.8. The molecule has 0 N–H and O–H groups in total. The Labute approximate surface area is 194 Å². The summed E-state index contributed by atoms with van der Waals surface area (Å²) in [5, 5.41) is 0. The molecule has 3 aliphatic rings. The molecule has 2 aliphatic heterocycles. The standard InChI is InChI=1S/C24H33F3N2O3S/c1-18(19-7-13-28(14-8-19)17-23(11-12-23)24(25,26)27)32-22-5-3-20(4-6-22)21-9-15-29(16-10-21)33(2,30)31/h3-6,9,18-19H,7-8,10-17H2,1-2H3. The van der Waals surface area contributed by atoms with Gasteiger partial charge in [-0.3, -0.25) is 0 Å². The van der Waals surface area contributed by atoms with E-state index >= 15 is 0 Å². The SMILES string of the molecule is CC(Oc1ccc(C2=CCN(S(C)(=O)=O)CC2)cc1)C1CCN(CC2(C(F)(F)F)CC2)CC1. The van der Waals surface area contributed by atoms with E-state index in [-0.39, 0.29) is 25.5 Å². The van der Waals surface area contributed by atoms with Crippen LogP contribution in [0.4, 0.5) is 13.2 Å². The molecule has 1 saturated heterocycles. The van der Waals surface area contributed by atoms with Gasteiger partial charge in [0.25, 0.3) is 0 Å². The molecule has 0 bridgehead atoms. The van der Waals surface area contributed by atoms with Crippen molar-refractivity contribution in [3.63, 3.8) is 0 Å². The number of benzene rings is 1. The number of sulfonamides is 1. The number of piperidine rings is 1. The fourth-order valence-corrected chi connectivity index (χ4v) is 5.73. The van der Waals surface area contributed by atoms with Gasteiger partial charge >= 0.3 is 6.18 Å². The number of rotatable bonds is 7. The van der Waals surface area contributed by atoms with Crippen LogP contribution in [0.3, 0.4) is 0 Å². The van der Waals surface area contributed by atoms with Gasteiger partial charge in [0.1, 0.15) is 5.75 Å². The first-order valence-electron chi connectivity index (χ1n) is 11.7. The molecule has 5 nitrogen and oxygen atoms in total. The second-order valence-electron chi connectivity index (χ2n) is 9.84. The van der Waals surface area contributed by atoms with Crippen LogP contribution in [0.25, 0.3) is 5.57 Å². The van der Waals surface area contributed by atoms with E-state index in [4.69, 9.17) is 4.74 Å². The Balaban J connectivity index is 1.26. The number of hydrogen-bond acceptors (Lipinski definition) is 4. The Bertz CT molecular complexity index is 964. The van der Waals surface area contributed by atoms with Crippen LogP contribution in [-0.2, 0) is 10.0 Å². The topological polar surface area (TPSA) is 49.9 Å². The fraction of sp³-hybridized carbons (Fsp3) is 0.667. The van der Waals surface area contributed by atoms with Crippen LogP contribution in [0, 0.1) is 11.3 Å². The molecule has 1 unspecified atom stereocenters. The molecule has 184 valence electrons. The van der Waals surface area contributed by atoms with Crippen LogP contribution in [0.1, 0.15) is 44.6 Å². The number of hydrogen-bond donors (Lipinski definition) is 0. The van der Waals surface area contributed by atoms with E-state index in [0.29, 0.717) is 38.5 Å². The molecule has 33 heavy (non-hydrogen) atoms. The van der Waals surface area contributed by atoms with Crippen LogP contribution in [0.5, 0.6) is 5.75 Å². The average Bonchev–Trinajstić information content (AvgIpc) is 3.55. The maximum atomic E-state index is 13.2. The molecule has 1 saturated carbocycles. The van der Waals surface area contributed by atoms with E-state index in [2.05, 4.69) is 0 Å². The first-order valence-corrected chi connectivity index (χ1v) is 13.5. The van der Waals surface area contributed by atoms with Crippen molar-refractivity contribution in [1.82, 2.24) is 9.21 Å². The van der Waals surface area contributed by atoms with Crippen LogP contribution in [0.2, 0.25) is 0 Å². The molecule has 0 radical (unpaired) electrons. The van der Waals surface area contributed by atoms with Crippen molar-refractivity contribution >= 4 is 15.6 Å². The Morgan fingerprint density at radius 3 is 2.24 bits per heavy atom. The number of alkyl halides is 3. The van der Waals surface area contributed by atoms with Gasteiger partial charge in [-0.1, -0.05) is 18.2 Å². The molecule has 1 atom stereocenters. The summed E-state index contributed by atoms with van der Waals surface area (Å²) < 4.78 is 70.6. The summed E-state index contributed by atoms with van der Waals surface area (Å²) in [6, 6.07) is 7.87. The van der Waals surface area contributed by atoms with E-state index in [1.807, 2.05) is 42.2 Å². The lowest BCUT2D eigenvalue weighted by Gasteiger charge is -2.37. The molecule has 4 rings (SSSR count). The van der Waals surface area contributed by atoms with Gasteiger partial charge in [-0.05, 0) is 81.3 Å². The minimum Gasteiger partial charge on any atom is -0.490 e. The highest BCUT2D eigenvalue weighted by molar-refractivity contribution is 7.88. The van der Waals surface area contributed by atoms with Crippen molar-refractivity contribution in [3.05, 3.63) is 35.9 Å². The molecule has 1 aliphatic carbocycles. The first-order chi connectivity index (χ1) is 15.5. The number of halogens is 3. The summed E-state index contributed by atoms with van der Waals surface area (Å²) in [5.41, 5.74) is 0.741. The molecule has 2 heterocycles. The minimum atomic E-state index is -4.09. The third-order valence-electron chi connectivity index (χ3n) is 7.47. The second kappa shape index (κ2) is 9.23. The maximum Gasteiger partial charge on any atom is 0.395 e. The van der Waals surface area contributed by atoms with Gasteiger partial charge in [0.05, 0.1) is 17.8 Å². The number of ether oxygens (including phenoxy) is 1. The van der Waals surface area contributed by atoms with Gasteiger partial charge in [0, 0.05) is 19.6 Å². The normalized spacial score (nSPS) is 23.7. The summed E-state index contributed by atoms with van der Waals surface area (Å²) in [4.78, 5) is 1.97. The average molecular weight is 487 g/mol. The molecular weight excluding hydrogens is 453 g/mol. The molecule has 9 heteroatoms. The van der Waals surface area contributed by atoms with Crippen LogP contribution >= 0.6 is 0 Å². The fourth-order valence-electron chi connectivity index (χ4n) is 4.96. The van der Waals surface area contributed by atoms with Gasteiger partial charge in [-0.15, -0.1) is 0 Å². The van der Waals surface area contributed by atoms with Gasteiger partial charge in [-0.2, -0.15) is 17.5 Å². The highest BCUT2D eigenvalue weighted by atomic mass is 32.2. The minimum absolute atomic E-state index is 0.00674. The van der Waals surface area contributed by atoms with Crippen LogP contribution in [0.15, 0.2) is 30.3 Å². The predicted molar refractivity (Wildman–Crippen MR) is 122 cm³/mol. The van der Waals surface area contributed by atoms with E-state index in [9.17, 15) is 21.6 Å². The van der Waals surface area contributed by atoms with Crippen molar-refractivity contribution in [3.8, 4) is 5.75 Å². The van der Waals surface area contributed by atoms with E-state index in [1.165, 1.54) is 10.6 Å². The summed E-state index contributed by atoms with van der Waals surface area (Å²) in [6.45, 7) is 4.43. The zero-order chi connectivity index (χ0) is 23.9. The predicted octanol–water partition coefficient (Wildman–Crippen LogP) is 4.56. The van der Waals surface area contributed by atoms with Crippen LogP contribution < -0.4 is 4.74 Å². The van der Waals surface area contributed by atoms with Crippen LogP contribution in [-0.4, -0.2) is 68.9 Å². The smallest absolute Gasteiger partial charge is 0.395 e.